The van der Waals surface area contributed by atoms with Gasteiger partial charge in [0.05, 0.1) is 12.1 Å². The van der Waals surface area contributed by atoms with Crippen LogP contribution in [0.1, 0.15) is 39.0 Å². The summed E-state index contributed by atoms with van der Waals surface area (Å²) in [6, 6.07) is -0.149. The van der Waals surface area contributed by atoms with Crippen molar-refractivity contribution in [3.05, 3.63) is 36.0 Å². The summed E-state index contributed by atoms with van der Waals surface area (Å²) < 4.78 is 6.09. The van der Waals surface area contributed by atoms with E-state index in [4.69, 9.17) is 9.84 Å². The molecule has 0 saturated carbocycles. The number of ether oxygens (including phenoxy) is 1. The summed E-state index contributed by atoms with van der Waals surface area (Å²) in [5.74, 6) is -0.632. The normalized spacial score (nSPS) is 37.3. The summed E-state index contributed by atoms with van der Waals surface area (Å²) >= 11 is 0. The quantitative estimate of drug-likeness (QED) is 0.429. The Labute approximate surface area is 136 Å². The maximum absolute atomic E-state index is 10.6. The molecule has 0 unspecified atom stereocenters. The number of rotatable bonds is 7. The van der Waals surface area contributed by atoms with Crippen molar-refractivity contribution in [3.8, 4) is 0 Å². The number of aliphatic carboxylic acids is 1. The van der Waals surface area contributed by atoms with Gasteiger partial charge in [0.15, 0.2) is 0 Å². The number of nitrogens with zero attached hydrogens (tertiary/aromatic N) is 1. The average Bonchev–Trinajstić information content (AvgIpc) is 3.14. The molecule has 0 aromatic rings. The number of carboxylic acid groups (broad SMARTS) is 1. The Balaban J connectivity index is 1.69. The predicted molar refractivity (Wildman–Crippen MR) is 86.1 cm³/mol. The maximum Gasteiger partial charge on any atom is 0.328 e. The van der Waals surface area contributed by atoms with Crippen LogP contribution in [0.5, 0.6) is 0 Å². The van der Waals surface area contributed by atoms with E-state index in [2.05, 4.69) is 6.92 Å². The van der Waals surface area contributed by atoms with E-state index in [0.717, 1.165) is 18.1 Å². The molecule has 1 spiro atoms. The van der Waals surface area contributed by atoms with E-state index in [1.165, 1.54) is 36.8 Å². The molecule has 23 heavy (non-hydrogen) atoms. The van der Waals surface area contributed by atoms with Crippen LogP contribution in [-0.2, 0) is 9.53 Å². The molecule has 3 aliphatic rings. The largest absolute Gasteiger partial charge is 0.478 e. The highest BCUT2D eigenvalue weighted by Gasteiger charge is 2.70. The van der Waals surface area contributed by atoms with Gasteiger partial charge in [-0.25, -0.2) is 4.79 Å². The lowest BCUT2D eigenvalue weighted by Crippen LogP contribution is -2.50. The van der Waals surface area contributed by atoms with E-state index in [1.807, 2.05) is 12.2 Å². The third-order valence-corrected chi connectivity index (χ3v) is 5.15. The van der Waals surface area contributed by atoms with Crippen molar-refractivity contribution in [1.29, 1.82) is 0 Å². The smallest absolute Gasteiger partial charge is 0.328 e. The number of epoxide rings is 1. The van der Waals surface area contributed by atoms with Gasteiger partial charge in [0.25, 0.3) is 0 Å². The van der Waals surface area contributed by atoms with Crippen molar-refractivity contribution in [2.75, 3.05) is 6.54 Å². The first-order valence-corrected chi connectivity index (χ1v) is 8.53. The van der Waals surface area contributed by atoms with Crippen LogP contribution in [0.15, 0.2) is 36.0 Å². The minimum absolute atomic E-state index is 0.136. The van der Waals surface area contributed by atoms with E-state index >= 15 is 0 Å². The summed E-state index contributed by atoms with van der Waals surface area (Å²) in [4.78, 5) is 10.6. The van der Waals surface area contributed by atoms with E-state index in [-0.39, 0.29) is 12.1 Å². The van der Waals surface area contributed by atoms with Crippen LogP contribution in [0, 0.1) is 5.92 Å². The van der Waals surface area contributed by atoms with E-state index in [9.17, 15) is 10.0 Å². The van der Waals surface area contributed by atoms with Crippen molar-refractivity contribution >= 4 is 5.97 Å². The Hall–Kier alpha value is -1.43. The Morgan fingerprint density at radius 2 is 2.30 bits per heavy atom. The number of unbranched alkanes of at least 4 members (excludes halogenated alkanes) is 3. The number of hydroxylamine groups is 2. The molecule has 5 nitrogen and oxygen atoms in total. The van der Waals surface area contributed by atoms with Crippen LogP contribution in [-0.4, -0.2) is 45.6 Å². The lowest BCUT2D eigenvalue weighted by atomic mass is 9.81. The molecule has 3 rings (SSSR count). The molecule has 0 bridgehead atoms. The third-order valence-electron chi connectivity index (χ3n) is 5.15. The van der Waals surface area contributed by atoms with Gasteiger partial charge >= 0.3 is 5.97 Å². The monoisotopic (exact) mass is 319 g/mol. The van der Waals surface area contributed by atoms with Gasteiger partial charge in [-0.3, -0.25) is 0 Å². The second kappa shape index (κ2) is 6.59. The molecule has 1 aliphatic carbocycles. The fourth-order valence-corrected chi connectivity index (χ4v) is 4.00. The maximum atomic E-state index is 10.6. The van der Waals surface area contributed by atoms with Crippen molar-refractivity contribution in [1.82, 2.24) is 5.06 Å². The topological polar surface area (TPSA) is 73.3 Å². The van der Waals surface area contributed by atoms with Crippen LogP contribution in [0.25, 0.3) is 0 Å². The van der Waals surface area contributed by atoms with Gasteiger partial charge in [-0.2, -0.15) is 5.06 Å². The molecule has 0 aromatic heterocycles. The summed E-state index contributed by atoms with van der Waals surface area (Å²) in [7, 11) is 0. The predicted octanol–water partition coefficient (Wildman–Crippen LogP) is 2.92. The van der Waals surface area contributed by atoms with Crippen LogP contribution < -0.4 is 0 Å². The van der Waals surface area contributed by atoms with Gasteiger partial charge in [-0.05, 0) is 12.0 Å². The highest BCUT2D eigenvalue weighted by Crippen LogP contribution is 2.58. The molecule has 2 aliphatic heterocycles. The van der Waals surface area contributed by atoms with Crippen LogP contribution in [0.2, 0.25) is 0 Å². The molecular formula is C18H25NO4. The number of carbonyl (C=O) groups is 1. The first-order chi connectivity index (χ1) is 11.1. The molecule has 4 atom stereocenters. The Morgan fingerprint density at radius 1 is 1.48 bits per heavy atom. The Bertz CT molecular complexity index is 553. The second-order valence-electron chi connectivity index (χ2n) is 6.69. The zero-order valence-corrected chi connectivity index (χ0v) is 13.5. The summed E-state index contributed by atoms with van der Waals surface area (Å²) in [5, 5.41) is 20.4. The number of carboxylic acids is 1. The van der Waals surface area contributed by atoms with E-state index in [1.54, 1.807) is 6.08 Å². The fraction of sp³-hybridized carbons (Fsp3) is 0.611. The zero-order valence-electron chi connectivity index (χ0n) is 13.5. The molecule has 0 radical (unpaired) electrons. The molecule has 2 N–H and O–H groups in total. The summed E-state index contributed by atoms with van der Waals surface area (Å²) in [6.45, 7) is 2.84. The number of hydrogen-bond acceptors (Lipinski definition) is 4. The highest BCUT2D eigenvalue weighted by molar-refractivity contribution is 5.80. The van der Waals surface area contributed by atoms with Crippen molar-refractivity contribution in [3.63, 3.8) is 0 Å². The van der Waals surface area contributed by atoms with Crippen molar-refractivity contribution < 1.29 is 19.8 Å². The molecule has 2 saturated heterocycles. The van der Waals surface area contributed by atoms with Crippen LogP contribution in [0.3, 0.4) is 0 Å². The SMILES string of the molecule is CCCCCC[C@H]1CN(O)[C@@H]2C=C/C(=C\C=C\C(=O)O)[C@@]23O[C@H]13. The van der Waals surface area contributed by atoms with Crippen LogP contribution in [0.4, 0.5) is 0 Å². The minimum atomic E-state index is -0.965. The molecule has 0 aromatic carbocycles. The molecule has 126 valence electrons. The van der Waals surface area contributed by atoms with Crippen molar-refractivity contribution in [2.45, 2.75) is 56.8 Å². The zero-order chi connectivity index (χ0) is 16.4. The van der Waals surface area contributed by atoms with Gasteiger partial charge in [-0.15, -0.1) is 0 Å². The van der Waals surface area contributed by atoms with E-state index in [0.29, 0.717) is 12.5 Å². The fourth-order valence-electron chi connectivity index (χ4n) is 4.00. The van der Waals surface area contributed by atoms with Gasteiger partial charge in [0.2, 0.25) is 0 Å². The standard InChI is InChI=1S/C18H25NO4/c1-2-3-4-5-7-13-12-19(22)15-11-10-14(8-6-9-16(20)21)18(15)17(13)23-18/h6,8-11,13,15,17,22H,2-5,7,12H2,1H3,(H,20,21)/b9-6+,14-8+/t13-,15+,17+,18+/m0/s1. The average molecular weight is 319 g/mol. The lowest BCUT2D eigenvalue weighted by Gasteiger charge is -2.34. The number of piperidine rings is 1. The van der Waals surface area contributed by atoms with Crippen LogP contribution >= 0.6 is 0 Å². The summed E-state index contributed by atoms with van der Waals surface area (Å²) in [5.41, 5.74) is 0.493. The summed E-state index contributed by atoms with van der Waals surface area (Å²) in [6.07, 6.45) is 14.4. The number of hydrogen-bond donors (Lipinski definition) is 2. The first-order valence-electron chi connectivity index (χ1n) is 8.53. The van der Waals surface area contributed by atoms with Gasteiger partial charge < -0.3 is 15.1 Å². The third kappa shape index (κ3) is 3.01. The second-order valence-corrected chi connectivity index (χ2v) is 6.69. The molecule has 2 heterocycles. The van der Waals surface area contributed by atoms with Gasteiger partial charge in [-0.1, -0.05) is 56.9 Å². The Kier molecular flexibility index (Phi) is 4.71. The lowest BCUT2D eigenvalue weighted by molar-refractivity contribution is -0.141. The Morgan fingerprint density at radius 3 is 3.04 bits per heavy atom. The molecule has 0 amide bonds. The van der Waals surface area contributed by atoms with Gasteiger partial charge in [0.1, 0.15) is 5.60 Å². The van der Waals surface area contributed by atoms with Gasteiger partial charge in [0, 0.05) is 18.5 Å². The van der Waals surface area contributed by atoms with E-state index < -0.39 is 11.6 Å². The molecule has 5 heteroatoms. The molecular weight excluding hydrogens is 294 g/mol. The van der Waals surface area contributed by atoms with Crippen molar-refractivity contribution in [2.24, 2.45) is 5.92 Å². The highest BCUT2D eigenvalue weighted by atomic mass is 16.6. The molecule has 2 fully saturated rings. The number of allylic oxidation sites excluding steroid dienone is 2. The first kappa shape index (κ1) is 16.4. The minimum Gasteiger partial charge on any atom is -0.478 e.